The molecule has 0 aliphatic rings. The highest BCUT2D eigenvalue weighted by molar-refractivity contribution is 6.33. The maximum absolute atomic E-state index is 9.92. The minimum atomic E-state index is -0.641. The lowest BCUT2D eigenvalue weighted by Gasteiger charge is -2.23. The van der Waals surface area contributed by atoms with E-state index < -0.39 is 6.10 Å². The van der Waals surface area contributed by atoms with E-state index in [0.29, 0.717) is 28.8 Å². The first kappa shape index (κ1) is 17.9. The monoisotopic (exact) mass is 317 g/mol. The molecule has 1 atom stereocenters. The van der Waals surface area contributed by atoms with Crippen molar-refractivity contribution in [1.82, 2.24) is 5.32 Å². The van der Waals surface area contributed by atoms with E-state index in [0.717, 1.165) is 0 Å². The Bertz CT molecular complexity index is 460. The van der Waals surface area contributed by atoms with Crippen molar-refractivity contribution >= 4 is 11.6 Å². The SMILES string of the molecule is COc1cc(OC)c(Cl)c(OCC(O)CNC(C)(C)C)c1. The average molecular weight is 318 g/mol. The third kappa shape index (κ3) is 5.99. The fourth-order valence-corrected chi connectivity index (χ4v) is 1.83. The number of ether oxygens (including phenoxy) is 3. The lowest BCUT2D eigenvalue weighted by molar-refractivity contribution is 0.0998. The number of rotatable bonds is 7. The van der Waals surface area contributed by atoms with Gasteiger partial charge in [0.15, 0.2) is 0 Å². The molecule has 0 radical (unpaired) electrons. The summed E-state index contributed by atoms with van der Waals surface area (Å²) in [6.45, 7) is 6.65. The maximum atomic E-state index is 9.92. The quantitative estimate of drug-likeness (QED) is 0.809. The van der Waals surface area contributed by atoms with E-state index in [-0.39, 0.29) is 12.1 Å². The molecule has 0 saturated heterocycles. The molecule has 1 rings (SSSR count). The summed E-state index contributed by atoms with van der Waals surface area (Å²) in [4.78, 5) is 0. The summed E-state index contributed by atoms with van der Waals surface area (Å²) in [5, 5.41) is 13.5. The van der Waals surface area contributed by atoms with E-state index in [9.17, 15) is 5.11 Å². The Morgan fingerprint density at radius 1 is 1.19 bits per heavy atom. The summed E-state index contributed by atoms with van der Waals surface area (Å²) < 4.78 is 15.9. The van der Waals surface area contributed by atoms with Crippen LogP contribution >= 0.6 is 11.6 Å². The van der Waals surface area contributed by atoms with Crippen molar-refractivity contribution < 1.29 is 19.3 Å². The smallest absolute Gasteiger partial charge is 0.145 e. The van der Waals surface area contributed by atoms with Crippen LogP contribution in [0.2, 0.25) is 5.02 Å². The average Bonchev–Trinajstić information content (AvgIpc) is 2.43. The molecule has 120 valence electrons. The van der Waals surface area contributed by atoms with Crippen molar-refractivity contribution in [1.29, 1.82) is 0 Å². The lowest BCUT2D eigenvalue weighted by Crippen LogP contribution is -2.42. The number of hydrogen-bond acceptors (Lipinski definition) is 5. The molecular formula is C15H24ClNO4. The normalized spacial score (nSPS) is 12.9. The van der Waals surface area contributed by atoms with Crippen LogP contribution in [0.25, 0.3) is 0 Å². The van der Waals surface area contributed by atoms with Gasteiger partial charge in [0.2, 0.25) is 0 Å². The molecule has 1 aromatic carbocycles. The van der Waals surface area contributed by atoms with Crippen LogP contribution in [0.3, 0.4) is 0 Å². The Balaban J connectivity index is 2.66. The van der Waals surface area contributed by atoms with E-state index in [1.807, 2.05) is 20.8 Å². The van der Waals surface area contributed by atoms with E-state index in [4.69, 9.17) is 25.8 Å². The molecule has 2 N–H and O–H groups in total. The molecule has 1 unspecified atom stereocenters. The number of nitrogens with one attached hydrogen (secondary N) is 1. The van der Waals surface area contributed by atoms with Crippen LogP contribution in [-0.2, 0) is 0 Å². The molecule has 0 spiro atoms. The molecule has 0 aromatic heterocycles. The van der Waals surface area contributed by atoms with Crippen molar-refractivity contribution in [3.8, 4) is 17.2 Å². The van der Waals surface area contributed by atoms with E-state index in [2.05, 4.69) is 5.32 Å². The van der Waals surface area contributed by atoms with Crippen LogP contribution in [0.5, 0.6) is 17.2 Å². The Morgan fingerprint density at radius 2 is 1.81 bits per heavy atom. The van der Waals surface area contributed by atoms with Gasteiger partial charge in [0.1, 0.15) is 35.0 Å². The van der Waals surface area contributed by atoms with Gasteiger partial charge in [-0.3, -0.25) is 0 Å². The number of methoxy groups -OCH3 is 2. The molecule has 0 fully saturated rings. The second-order valence-corrected chi connectivity index (χ2v) is 6.12. The summed E-state index contributed by atoms with van der Waals surface area (Å²) >= 11 is 6.17. The predicted octanol–water partition coefficient (Wildman–Crippen LogP) is 2.49. The zero-order chi connectivity index (χ0) is 16.0. The highest BCUT2D eigenvalue weighted by Crippen LogP contribution is 2.38. The lowest BCUT2D eigenvalue weighted by atomic mass is 10.1. The fourth-order valence-electron chi connectivity index (χ4n) is 1.59. The van der Waals surface area contributed by atoms with Gasteiger partial charge in [-0.15, -0.1) is 0 Å². The van der Waals surface area contributed by atoms with Gasteiger partial charge in [0, 0.05) is 24.2 Å². The number of aliphatic hydroxyl groups excluding tert-OH is 1. The van der Waals surface area contributed by atoms with Crippen LogP contribution in [0.15, 0.2) is 12.1 Å². The second kappa shape index (κ2) is 7.73. The topological polar surface area (TPSA) is 60.0 Å². The Labute approximate surface area is 131 Å². The van der Waals surface area contributed by atoms with E-state index in [1.54, 1.807) is 19.2 Å². The van der Waals surface area contributed by atoms with Crippen LogP contribution in [0, 0.1) is 0 Å². The van der Waals surface area contributed by atoms with Crippen molar-refractivity contribution in [2.45, 2.75) is 32.4 Å². The Hall–Kier alpha value is -1.17. The van der Waals surface area contributed by atoms with Gasteiger partial charge in [0.25, 0.3) is 0 Å². The number of β-amino-alcohol motifs (C(OH)–C–C–N with tert-alkyl or cyclic N) is 1. The molecule has 5 nitrogen and oxygen atoms in total. The molecule has 0 bridgehead atoms. The minimum Gasteiger partial charge on any atom is -0.496 e. The summed E-state index contributed by atoms with van der Waals surface area (Å²) in [7, 11) is 3.07. The Morgan fingerprint density at radius 3 is 2.33 bits per heavy atom. The molecule has 6 heteroatoms. The predicted molar refractivity (Wildman–Crippen MR) is 83.8 cm³/mol. The highest BCUT2D eigenvalue weighted by Gasteiger charge is 2.15. The van der Waals surface area contributed by atoms with Gasteiger partial charge in [-0.1, -0.05) is 11.6 Å². The fraction of sp³-hybridized carbons (Fsp3) is 0.600. The van der Waals surface area contributed by atoms with Crippen LogP contribution in [0.4, 0.5) is 0 Å². The minimum absolute atomic E-state index is 0.0577. The second-order valence-electron chi connectivity index (χ2n) is 5.74. The number of aliphatic hydroxyl groups is 1. The number of halogens is 1. The summed E-state index contributed by atoms with van der Waals surface area (Å²) in [6, 6.07) is 3.33. The van der Waals surface area contributed by atoms with Crippen molar-refractivity contribution in [3.63, 3.8) is 0 Å². The van der Waals surface area contributed by atoms with Crippen molar-refractivity contribution in [2.24, 2.45) is 0 Å². The molecule has 0 heterocycles. The third-order valence-corrected chi connectivity index (χ3v) is 3.11. The maximum Gasteiger partial charge on any atom is 0.145 e. The van der Waals surface area contributed by atoms with E-state index >= 15 is 0 Å². The van der Waals surface area contributed by atoms with Crippen LogP contribution in [-0.4, -0.2) is 44.1 Å². The van der Waals surface area contributed by atoms with Crippen molar-refractivity contribution in [3.05, 3.63) is 17.2 Å². The zero-order valence-corrected chi connectivity index (χ0v) is 14.0. The van der Waals surface area contributed by atoms with Crippen LogP contribution in [0.1, 0.15) is 20.8 Å². The van der Waals surface area contributed by atoms with Gasteiger partial charge in [-0.05, 0) is 20.8 Å². The summed E-state index contributed by atoms with van der Waals surface area (Å²) in [5.74, 6) is 1.46. The van der Waals surface area contributed by atoms with Gasteiger partial charge < -0.3 is 24.6 Å². The third-order valence-electron chi connectivity index (χ3n) is 2.73. The Kier molecular flexibility index (Phi) is 6.58. The van der Waals surface area contributed by atoms with Crippen molar-refractivity contribution in [2.75, 3.05) is 27.4 Å². The molecule has 21 heavy (non-hydrogen) atoms. The summed E-state index contributed by atoms with van der Waals surface area (Å²) in [6.07, 6.45) is -0.641. The largest absolute Gasteiger partial charge is 0.496 e. The van der Waals surface area contributed by atoms with Crippen LogP contribution < -0.4 is 19.5 Å². The zero-order valence-electron chi connectivity index (χ0n) is 13.2. The molecule has 0 aliphatic carbocycles. The highest BCUT2D eigenvalue weighted by atomic mass is 35.5. The van der Waals surface area contributed by atoms with Gasteiger partial charge in [-0.25, -0.2) is 0 Å². The van der Waals surface area contributed by atoms with Gasteiger partial charge >= 0.3 is 0 Å². The molecule has 1 aromatic rings. The summed E-state index contributed by atoms with van der Waals surface area (Å²) in [5.41, 5.74) is -0.0577. The molecular weight excluding hydrogens is 294 g/mol. The molecule has 0 amide bonds. The number of benzene rings is 1. The molecule has 0 saturated carbocycles. The first-order valence-corrected chi connectivity index (χ1v) is 7.12. The number of hydrogen-bond donors (Lipinski definition) is 2. The first-order chi connectivity index (χ1) is 9.76. The van der Waals surface area contributed by atoms with Gasteiger partial charge in [0.05, 0.1) is 14.2 Å². The van der Waals surface area contributed by atoms with E-state index in [1.165, 1.54) is 7.11 Å². The van der Waals surface area contributed by atoms with Gasteiger partial charge in [-0.2, -0.15) is 0 Å². The standard InChI is InChI=1S/C15H24ClNO4/c1-15(2,3)17-8-10(18)9-21-13-7-11(19-4)6-12(20-5)14(13)16/h6-7,10,17-18H,8-9H2,1-5H3. The first-order valence-electron chi connectivity index (χ1n) is 6.74. The molecule has 0 aliphatic heterocycles.